The number of esters is 2. The minimum absolute atomic E-state index is 0.0173. The van der Waals surface area contributed by atoms with Gasteiger partial charge in [0.15, 0.2) is 0 Å². The highest BCUT2D eigenvalue weighted by Gasteiger charge is 2.88. The quantitative estimate of drug-likeness (QED) is 0.526. The Bertz CT molecular complexity index is 735. The fraction of sp³-hybridized carbons (Fsp3) is 0.913. The SMILES string of the molecule is CC(=O)O[C@H]1CC[C@]2(C)[C@H]3CC[C@]4(C)[C@@H](OC(C)=O)CC[C@H]4[C@@H]3[C@]3(C)O[C@@]32C1. The summed E-state index contributed by atoms with van der Waals surface area (Å²) in [5.41, 5.74) is -0.0762. The van der Waals surface area contributed by atoms with E-state index in [1.807, 2.05) is 0 Å². The number of carbonyl (C=O) groups excluding carboxylic acids is 2. The molecule has 5 heteroatoms. The third-order valence-electron chi connectivity index (χ3n) is 9.85. The molecule has 0 unspecified atom stereocenters. The smallest absolute Gasteiger partial charge is 0.302 e. The lowest BCUT2D eigenvalue weighted by atomic mass is 9.54. The first-order chi connectivity index (χ1) is 13.1. The molecule has 1 aliphatic heterocycles. The Labute approximate surface area is 167 Å². The summed E-state index contributed by atoms with van der Waals surface area (Å²) in [6, 6.07) is 0. The molecule has 4 saturated carbocycles. The van der Waals surface area contributed by atoms with E-state index in [4.69, 9.17) is 14.2 Å². The first kappa shape index (κ1) is 18.9. The van der Waals surface area contributed by atoms with Gasteiger partial charge >= 0.3 is 11.9 Å². The average Bonchev–Trinajstić information content (AvgIpc) is 2.99. The van der Waals surface area contributed by atoms with Crippen LogP contribution >= 0.6 is 0 Å². The predicted molar refractivity (Wildman–Crippen MR) is 102 cm³/mol. The van der Waals surface area contributed by atoms with E-state index < -0.39 is 0 Å². The van der Waals surface area contributed by atoms with Crippen LogP contribution in [0, 0.1) is 28.6 Å². The van der Waals surface area contributed by atoms with Crippen LogP contribution in [-0.2, 0) is 23.8 Å². The summed E-state index contributed by atoms with van der Waals surface area (Å²) in [6.07, 6.45) is 7.28. The molecule has 5 aliphatic rings. The molecule has 9 atom stereocenters. The molecule has 0 amide bonds. The third kappa shape index (κ3) is 2.07. The molecule has 0 bridgehead atoms. The lowest BCUT2D eigenvalue weighted by Crippen LogP contribution is -2.50. The van der Waals surface area contributed by atoms with Crippen molar-refractivity contribution in [2.75, 3.05) is 0 Å². The Kier molecular flexibility index (Phi) is 3.73. The Morgan fingerprint density at radius 3 is 2.29 bits per heavy atom. The fourth-order valence-electron chi connectivity index (χ4n) is 8.71. The number of hydrogen-bond donors (Lipinski definition) is 0. The molecule has 5 nitrogen and oxygen atoms in total. The van der Waals surface area contributed by atoms with Crippen LogP contribution in [0.4, 0.5) is 0 Å². The van der Waals surface area contributed by atoms with Gasteiger partial charge in [-0.1, -0.05) is 13.8 Å². The van der Waals surface area contributed by atoms with Gasteiger partial charge in [0.25, 0.3) is 0 Å². The summed E-state index contributed by atoms with van der Waals surface area (Å²) in [4.78, 5) is 23.2. The number of carbonyl (C=O) groups is 2. The molecule has 28 heavy (non-hydrogen) atoms. The van der Waals surface area contributed by atoms with Crippen LogP contribution in [0.5, 0.6) is 0 Å². The van der Waals surface area contributed by atoms with Crippen LogP contribution in [0.2, 0.25) is 0 Å². The number of fused-ring (bicyclic) bond motifs is 5. The van der Waals surface area contributed by atoms with Crippen molar-refractivity contribution in [3.63, 3.8) is 0 Å². The number of epoxide rings is 1. The molecule has 1 spiro atoms. The van der Waals surface area contributed by atoms with Gasteiger partial charge in [-0.3, -0.25) is 9.59 Å². The summed E-state index contributed by atoms with van der Waals surface area (Å²) in [6.45, 7) is 10.1. The van der Waals surface area contributed by atoms with Gasteiger partial charge in [0.05, 0.1) is 5.60 Å². The van der Waals surface area contributed by atoms with Gasteiger partial charge in [-0.2, -0.15) is 0 Å². The minimum atomic E-state index is -0.185. The summed E-state index contributed by atoms with van der Waals surface area (Å²) < 4.78 is 18.1. The zero-order chi connectivity index (χ0) is 20.1. The molecule has 5 fully saturated rings. The molecular formula is C23H34O5. The van der Waals surface area contributed by atoms with Gasteiger partial charge in [0.2, 0.25) is 0 Å². The largest absolute Gasteiger partial charge is 0.462 e. The van der Waals surface area contributed by atoms with E-state index in [1.54, 1.807) is 0 Å². The van der Waals surface area contributed by atoms with Gasteiger partial charge in [0, 0.05) is 31.1 Å². The van der Waals surface area contributed by atoms with Crippen LogP contribution in [-0.4, -0.2) is 35.3 Å². The summed E-state index contributed by atoms with van der Waals surface area (Å²) in [7, 11) is 0. The first-order valence-electron chi connectivity index (χ1n) is 11.1. The van der Waals surface area contributed by atoms with Crippen LogP contribution < -0.4 is 0 Å². The molecule has 0 N–H and O–H groups in total. The van der Waals surface area contributed by atoms with E-state index in [0.29, 0.717) is 17.8 Å². The molecule has 5 rings (SSSR count). The zero-order valence-electron chi connectivity index (χ0n) is 17.9. The second kappa shape index (κ2) is 5.53. The normalized spacial score (nSPS) is 56.1. The molecule has 0 radical (unpaired) electrons. The number of hydrogen-bond acceptors (Lipinski definition) is 5. The molecule has 156 valence electrons. The molecule has 0 aromatic rings. The van der Waals surface area contributed by atoms with Crippen LogP contribution in [0.3, 0.4) is 0 Å². The Morgan fingerprint density at radius 1 is 0.893 bits per heavy atom. The van der Waals surface area contributed by atoms with Crippen molar-refractivity contribution in [3.8, 4) is 0 Å². The Hall–Kier alpha value is -1.10. The second-order valence-electron chi connectivity index (χ2n) is 10.9. The van der Waals surface area contributed by atoms with Crippen molar-refractivity contribution in [3.05, 3.63) is 0 Å². The molecule has 1 saturated heterocycles. The topological polar surface area (TPSA) is 65.1 Å². The lowest BCUT2D eigenvalue weighted by molar-refractivity contribution is -0.160. The molecule has 0 aromatic carbocycles. The molecule has 4 aliphatic carbocycles. The van der Waals surface area contributed by atoms with Gasteiger partial charge in [-0.15, -0.1) is 0 Å². The zero-order valence-corrected chi connectivity index (χ0v) is 17.9. The summed E-state index contributed by atoms with van der Waals surface area (Å²) in [5.74, 6) is 1.35. The highest BCUT2D eigenvalue weighted by molar-refractivity contribution is 5.66. The van der Waals surface area contributed by atoms with Crippen molar-refractivity contribution in [1.82, 2.24) is 0 Å². The first-order valence-corrected chi connectivity index (χ1v) is 11.1. The van der Waals surface area contributed by atoms with Crippen LogP contribution in [0.1, 0.15) is 79.6 Å². The van der Waals surface area contributed by atoms with E-state index in [2.05, 4.69) is 20.8 Å². The van der Waals surface area contributed by atoms with Crippen LogP contribution in [0.25, 0.3) is 0 Å². The minimum Gasteiger partial charge on any atom is -0.462 e. The standard InChI is InChI=1S/C23H34O5/c1-13(24)26-15-8-11-21(4)17-9-10-20(3)16(6-7-18(20)27-14(2)25)19(17)22(5)23(21,12-15)28-22/h15-19H,6-12H2,1-5H3/t15-,16-,17-,18-,19-,20-,21+,22-,23+/m0/s1. The Morgan fingerprint density at radius 2 is 1.61 bits per heavy atom. The van der Waals surface area contributed by atoms with Crippen molar-refractivity contribution >= 4 is 11.9 Å². The monoisotopic (exact) mass is 390 g/mol. The summed E-state index contributed by atoms with van der Waals surface area (Å²) in [5, 5.41) is 0. The molecular weight excluding hydrogens is 356 g/mol. The van der Waals surface area contributed by atoms with Gasteiger partial charge < -0.3 is 14.2 Å². The Balaban J connectivity index is 1.47. The summed E-state index contributed by atoms with van der Waals surface area (Å²) >= 11 is 0. The fourth-order valence-corrected chi connectivity index (χ4v) is 8.71. The van der Waals surface area contributed by atoms with Crippen molar-refractivity contribution in [1.29, 1.82) is 0 Å². The molecule has 0 aromatic heterocycles. The van der Waals surface area contributed by atoms with Crippen LogP contribution in [0.15, 0.2) is 0 Å². The molecule has 1 heterocycles. The van der Waals surface area contributed by atoms with E-state index >= 15 is 0 Å². The maximum atomic E-state index is 11.7. The lowest BCUT2D eigenvalue weighted by Gasteiger charge is -2.52. The third-order valence-corrected chi connectivity index (χ3v) is 9.85. The van der Waals surface area contributed by atoms with Crippen molar-refractivity contribution in [2.45, 2.75) is 103 Å². The van der Waals surface area contributed by atoms with E-state index in [-0.39, 0.29) is 46.2 Å². The van der Waals surface area contributed by atoms with E-state index in [9.17, 15) is 9.59 Å². The number of rotatable bonds is 2. The highest BCUT2D eigenvalue weighted by Crippen LogP contribution is 2.82. The van der Waals surface area contributed by atoms with Crippen molar-refractivity contribution < 1.29 is 23.8 Å². The van der Waals surface area contributed by atoms with Crippen molar-refractivity contribution in [2.24, 2.45) is 28.6 Å². The maximum Gasteiger partial charge on any atom is 0.302 e. The van der Waals surface area contributed by atoms with E-state index in [1.165, 1.54) is 20.3 Å². The second-order valence-corrected chi connectivity index (χ2v) is 10.9. The average molecular weight is 391 g/mol. The van der Waals surface area contributed by atoms with Gasteiger partial charge in [-0.05, 0) is 63.2 Å². The predicted octanol–water partition coefficient (Wildman–Crippen LogP) is 4.02. The maximum absolute atomic E-state index is 11.7. The number of ether oxygens (including phenoxy) is 3. The van der Waals surface area contributed by atoms with Gasteiger partial charge in [0.1, 0.15) is 17.8 Å². The highest BCUT2D eigenvalue weighted by atomic mass is 16.6. The van der Waals surface area contributed by atoms with E-state index in [0.717, 1.165) is 38.5 Å². The van der Waals surface area contributed by atoms with Gasteiger partial charge in [-0.25, -0.2) is 0 Å².